The van der Waals surface area contributed by atoms with Crippen LogP contribution in [0.15, 0.2) is 0 Å². The minimum atomic E-state index is 0.416. The van der Waals surface area contributed by atoms with Crippen LogP contribution in [0.25, 0.3) is 0 Å². The van der Waals surface area contributed by atoms with E-state index >= 15 is 0 Å². The Kier molecular flexibility index (Phi) is 8.03. The highest BCUT2D eigenvalue weighted by Gasteiger charge is 2.41. The summed E-state index contributed by atoms with van der Waals surface area (Å²) in [6.45, 7) is 9.72. The average Bonchev–Trinajstić information content (AvgIpc) is 2.70. The second-order valence-electron chi connectivity index (χ2n) is 6.69. The van der Waals surface area contributed by atoms with Crippen LogP contribution >= 0.6 is 0 Å². The van der Waals surface area contributed by atoms with Gasteiger partial charge in [0, 0.05) is 46.5 Å². The van der Waals surface area contributed by atoms with E-state index in [4.69, 9.17) is 9.47 Å². The monoisotopic (exact) mass is 286 g/mol. The van der Waals surface area contributed by atoms with E-state index in [1.165, 1.54) is 19.4 Å². The van der Waals surface area contributed by atoms with Crippen molar-refractivity contribution in [3.05, 3.63) is 0 Å². The Balaban J connectivity index is 2.50. The van der Waals surface area contributed by atoms with E-state index in [0.717, 1.165) is 38.6 Å². The standard InChI is InChI=1S/C16H34N2O2/c1-16(2)8-7-14(15(16)17-3)13-18(10-12-20-5)9-6-11-19-4/h14-15,17H,6-13H2,1-5H3. The molecule has 2 atom stereocenters. The molecule has 1 saturated carbocycles. The zero-order valence-electron chi connectivity index (χ0n) is 14.1. The van der Waals surface area contributed by atoms with E-state index in [-0.39, 0.29) is 0 Å². The number of hydrogen-bond acceptors (Lipinski definition) is 4. The van der Waals surface area contributed by atoms with Crippen LogP contribution in [0.3, 0.4) is 0 Å². The first-order valence-electron chi connectivity index (χ1n) is 7.92. The molecule has 0 aliphatic heterocycles. The molecular formula is C16H34N2O2. The van der Waals surface area contributed by atoms with Crippen LogP contribution in [0, 0.1) is 11.3 Å². The molecule has 0 spiro atoms. The van der Waals surface area contributed by atoms with Crippen LogP contribution in [-0.2, 0) is 9.47 Å². The topological polar surface area (TPSA) is 33.7 Å². The normalized spacial score (nSPS) is 25.5. The summed E-state index contributed by atoms with van der Waals surface area (Å²) in [5.74, 6) is 0.745. The summed E-state index contributed by atoms with van der Waals surface area (Å²) >= 11 is 0. The zero-order valence-corrected chi connectivity index (χ0v) is 14.1. The largest absolute Gasteiger partial charge is 0.385 e. The van der Waals surface area contributed by atoms with E-state index < -0.39 is 0 Å². The molecule has 1 fully saturated rings. The van der Waals surface area contributed by atoms with Crippen molar-refractivity contribution in [3.63, 3.8) is 0 Å². The minimum absolute atomic E-state index is 0.416. The first-order valence-corrected chi connectivity index (χ1v) is 7.92. The van der Waals surface area contributed by atoms with Crippen LogP contribution < -0.4 is 5.32 Å². The predicted octanol–water partition coefficient (Wildman–Crippen LogP) is 2.00. The molecule has 0 radical (unpaired) electrons. The molecule has 120 valence electrons. The molecule has 2 unspecified atom stereocenters. The van der Waals surface area contributed by atoms with Gasteiger partial charge in [0.2, 0.25) is 0 Å². The molecule has 1 aliphatic rings. The Labute approximate surface area is 125 Å². The van der Waals surface area contributed by atoms with Gasteiger partial charge < -0.3 is 19.7 Å². The van der Waals surface area contributed by atoms with E-state index in [0.29, 0.717) is 11.5 Å². The van der Waals surface area contributed by atoms with Crippen molar-refractivity contribution in [2.45, 2.75) is 39.2 Å². The van der Waals surface area contributed by atoms with Crippen molar-refractivity contribution in [3.8, 4) is 0 Å². The van der Waals surface area contributed by atoms with Crippen LogP contribution in [0.5, 0.6) is 0 Å². The molecule has 0 saturated heterocycles. The number of nitrogens with zero attached hydrogens (tertiary/aromatic N) is 1. The Morgan fingerprint density at radius 2 is 1.85 bits per heavy atom. The Morgan fingerprint density at radius 3 is 2.45 bits per heavy atom. The molecule has 20 heavy (non-hydrogen) atoms. The summed E-state index contributed by atoms with van der Waals surface area (Å²) < 4.78 is 10.4. The Hall–Kier alpha value is -0.160. The predicted molar refractivity (Wildman–Crippen MR) is 84.2 cm³/mol. The molecule has 0 heterocycles. The van der Waals surface area contributed by atoms with Crippen LogP contribution in [0.4, 0.5) is 0 Å². The summed E-state index contributed by atoms with van der Waals surface area (Å²) in [7, 11) is 5.66. The highest BCUT2D eigenvalue weighted by atomic mass is 16.5. The number of rotatable bonds is 10. The van der Waals surface area contributed by atoms with Gasteiger partial charge in [0.25, 0.3) is 0 Å². The van der Waals surface area contributed by atoms with Crippen LogP contribution in [0.2, 0.25) is 0 Å². The summed E-state index contributed by atoms with van der Waals surface area (Å²) in [6.07, 6.45) is 3.74. The maximum Gasteiger partial charge on any atom is 0.0589 e. The first kappa shape index (κ1) is 17.9. The van der Waals surface area contributed by atoms with Crippen LogP contribution in [0.1, 0.15) is 33.1 Å². The van der Waals surface area contributed by atoms with Crippen molar-refractivity contribution in [1.29, 1.82) is 0 Å². The number of ether oxygens (including phenoxy) is 2. The maximum atomic E-state index is 5.25. The minimum Gasteiger partial charge on any atom is -0.385 e. The maximum absolute atomic E-state index is 5.25. The van der Waals surface area contributed by atoms with Gasteiger partial charge in [-0.3, -0.25) is 0 Å². The molecule has 0 bridgehead atoms. The van der Waals surface area contributed by atoms with E-state index in [1.54, 1.807) is 14.2 Å². The van der Waals surface area contributed by atoms with E-state index in [9.17, 15) is 0 Å². The van der Waals surface area contributed by atoms with Gasteiger partial charge in [-0.2, -0.15) is 0 Å². The van der Waals surface area contributed by atoms with Gasteiger partial charge in [0.15, 0.2) is 0 Å². The molecule has 4 heteroatoms. The lowest BCUT2D eigenvalue weighted by Gasteiger charge is -2.33. The molecule has 0 aromatic rings. The molecular weight excluding hydrogens is 252 g/mol. The van der Waals surface area contributed by atoms with Crippen molar-refractivity contribution in [1.82, 2.24) is 10.2 Å². The number of hydrogen-bond donors (Lipinski definition) is 1. The van der Waals surface area contributed by atoms with Gasteiger partial charge in [-0.05, 0) is 37.6 Å². The molecule has 1 rings (SSSR count). The van der Waals surface area contributed by atoms with Crippen molar-refractivity contribution >= 4 is 0 Å². The third-order valence-electron chi connectivity index (χ3n) is 4.71. The zero-order chi connectivity index (χ0) is 15.0. The molecule has 0 aromatic carbocycles. The van der Waals surface area contributed by atoms with Crippen molar-refractivity contribution in [2.24, 2.45) is 11.3 Å². The lowest BCUT2D eigenvalue weighted by atomic mass is 9.85. The third-order valence-corrected chi connectivity index (χ3v) is 4.71. The molecule has 4 nitrogen and oxygen atoms in total. The van der Waals surface area contributed by atoms with Gasteiger partial charge in [0.1, 0.15) is 0 Å². The summed E-state index contributed by atoms with van der Waals surface area (Å²) in [5.41, 5.74) is 0.416. The summed E-state index contributed by atoms with van der Waals surface area (Å²) in [4.78, 5) is 2.54. The smallest absolute Gasteiger partial charge is 0.0589 e. The summed E-state index contributed by atoms with van der Waals surface area (Å²) in [6, 6.07) is 0.620. The fourth-order valence-corrected chi connectivity index (χ4v) is 3.62. The first-order chi connectivity index (χ1) is 9.55. The van der Waals surface area contributed by atoms with Gasteiger partial charge >= 0.3 is 0 Å². The Morgan fingerprint density at radius 1 is 1.15 bits per heavy atom. The fraction of sp³-hybridized carbons (Fsp3) is 1.00. The summed E-state index contributed by atoms with van der Waals surface area (Å²) in [5, 5.41) is 3.55. The quantitative estimate of drug-likeness (QED) is 0.623. The Bertz CT molecular complexity index is 259. The van der Waals surface area contributed by atoms with Gasteiger partial charge in [-0.1, -0.05) is 13.8 Å². The van der Waals surface area contributed by atoms with Gasteiger partial charge in [0.05, 0.1) is 6.61 Å². The fourth-order valence-electron chi connectivity index (χ4n) is 3.62. The lowest BCUT2D eigenvalue weighted by Crippen LogP contribution is -2.45. The molecule has 0 amide bonds. The average molecular weight is 286 g/mol. The molecule has 1 aliphatic carbocycles. The van der Waals surface area contributed by atoms with E-state index in [2.05, 4.69) is 31.1 Å². The van der Waals surface area contributed by atoms with Crippen LogP contribution in [-0.4, -0.2) is 65.1 Å². The van der Waals surface area contributed by atoms with Gasteiger partial charge in [-0.25, -0.2) is 0 Å². The lowest BCUT2D eigenvalue weighted by molar-refractivity contribution is 0.115. The highest BCUT2D eigenvalue weighted by Crippen LogP contribution is 2.41. The number of nitrogens with one attached hydrogen (secondary N) is 1. The van der Waals surface area contributed by atoms with E-state index in [1.807, 2.05) is 0 Å². The second kappa shape index (κ2) is 8.98. The van der Waals surface area contributed by atoms with Crippen molar-refractivity contribution in [2.75, 3.05) is 54.1 Å². The highest BCUT2D eigenvalue weighted by molar-refractivity contribution is 4.96. The molecule has 0 aromatic heterocycles. The number of methoxy groups -OCH3 is 2. The SMILES string of the molecule is CNC1C(CN(CCCOC)CCOC)CCC1(C)C. The molecule has 1 N–H and O–H groups in total. The van der Waals surface area contributed by atoms with Crippen molar-refractivity contribution < 1.29 is 9.47 Å². The van der Waals surface area contributed by atoms with Gasteiger partial charge in [-0.15, -0.1) is 0 Å². The third kappa shape index (κ3) is 5.32. The second-order valence-corrected chi connectivity index (χ2v) is 6.69.